The third kappa shape index (κ3) is 9.25. The molecule has 0 aliphatic rings. The van der Waals surface area contributed by atoms with Gasteiger partial charge in [0.15, 0.2) is 0 Å². The molecule has 8 nitrogen and oxygen atoms in total. The average molecular weight is 488 g/mol. The van der Waals surface area contributed by atoms with Crippen LogP contribution in [0.15, 0.2) is 24.3 Å². The van der Waals surface area contributed by atoms with Gasteiger partial charge in [-0.1, -0.05) is 57.7 Å². The number of nitrogens with one attached hydrogen (secondary N) is 2. The number of unbranched alkanes of at least 4 members (excludes halogenated alkanes) is 1. The largest absolute Gasteiger partial charge is 0.444 e. The van der Waals surface area contributed by atoms with Crippen LogP contribution in [0.2, 0.25) is 0 Å². The summed E-state index contributed by atoms with van der Waals surface area (Å²) in [6, 6.07) is 4.87. The fourth-order valence-corrected chi connectivity index (χ4v) is 3.57. The molecule has 0 spiro atoms. The molecule has 0 bridgehead atoms. The van der Waals surface area contributed by atoms with Gasteiger partial charge in [0, 0.05) is 18.7 Å². The number of aliphatic hydroxyl groups is 1. The summed E-state index contributed by atoms with van der Waals surface area (Å²) in [5.74, 6) is 1.43. The first-order valence-electron chi connectivity index (χ1n) is 12.2. The lowest BCUT2D eigenvalue weighted by molar-refractivity contribution is -0.144. The number of carbonyl (C=O) groups is 3. The first-order valence-corrected chi connectivity index (χ1v) is 12.2. The number of rotatable bonds is 12. The molecule has 0 fully saturated rings. The van der Waals surface area contributed by atoms with E-state index in [2.05, 4.69) is 16.6 Å². The molecule has 0 saturated carbocycles. The fraction of sp³-hybridized carbons (Fsp3) is 0.593. The number of alkyl carbamates (subject to hydrolysis) is 1. The molecular weight excluding hydrogens is 446 g/mol. The molecule has 3 atom stereocenters. The number of hydrogen-bond donors (Lipinski definition) is 3. The highest BCUT2D eigenvalue weighted by Gasteiger charge is 2.38. The lowest BCUT2D eigenvalue weighted by atomic mass is 9.94. The van der Waals surface area contributed by atoms with E-state index in [4.69, 9.17) is 11.2 Å². The van der Waals surface area contributed by atoms with E-state index in [9.17, 15) is 19.5 Å². The van der Waals surface area contributed by atoms with Crippen LogP contribution in [0.1, 0.15) is 78.0 Å². The molecule has 1 rings (SSSR count). The van der Waals surface area contributed by atoms with Gasteiger partial charge in [-0.15, -0.1) is 6.42 Å². The number of carbonyl (C=O) groups excluding carboxylic acids is 3. The Morgan fingerprint density at radius 1 is 1.20 bits per heavy atom. The quantitative estimate of drug-likeness (QED) is 0.309. The Morgan fingerprint density at radius 3 is 2.40 bits per heavy atom. The Balaban J connectivity index is 3.49. The number of benzene rings is 1. The molecule has 0 aliphatic carbocycles. The van der Waals surface area contributed by atoms with E-state index in [1.807, 2.05) is 20.8 Å². The Morgan fingerprint density at radius 2 is 1.86 bits per heavy atom. The van der Waals surface area contributed by atoms with Crippen LogP contribution in [-0.4, -0.2) is 59.3 Å². The molecular formula is C27H41N3O5. The minimum atomic E-state index is -1.08. The van der Waals surface area contributed by atoms with E-state index < -0.39 is 35.6 Å². The summed E-state index contributed by atoms with van der Waals surface area (Å²) in [6.07, 6.45) is 7.24. The summed E-state index contributed by atoms with van der Waals surface area (Å²) in [7, 11) is 0. The van der Waals surface area contributed by atoms with Crippen molar-refractivity contribution in [1.82, 2.24) is 15.5 Å². The van der Waals surface area contributed by atoms with Gasteiger partial charge in [-0.05, 0) is 44.7 Å². The van der Waals surface area contributed by atoms with Crippen LogP contribution in [0, 0.1) is 18.3 Å². The van der Waals surface area contributed by atoms with Crippen molar-refractivity contribution < 1.29 is 24.2 Å². The van der Waals surface area contributed by atoms with Crippen molar-refractivity contribution in [3.05, 3.63) is 35.4 Å². The van der Waals surface area contributed by atoms with Crippen LogP contribution >= 0.6 is 0 Å². The van der Waals surface area contributed by atoms with Crippen LogP contribution in [0.25, 0.3) is 0 Å². The number of ether oxygens (including phenoxy) is 1. The van der Waals surface area contributed by atoms with Crippen molar-refractivity contribution >= 4 is 17.9 Å². The summed E-state index contributed by atoms with van der Waals surface area (Å²) in [6.45, 7) is 10.9. The third-order valence-corrected chi connectivity index (χ3v) is 5.58. The summed E-state index contributed by atoms with van der Waals surface area (Å²) < 4.78 is 5.37. The Kier molecular flexibility index (Phi) is 12.3. The first kappa shape index (κ1) is 30.0. The van der Waals surface area contributed by atoms with Crippen molar-refractivity contribution in [1.29, 1.82) is 0 Å². The van der Waals surface area contributed by atoms with Crippen LogP contribution < -0.4 is 10.6 Å². The SMILES string of the molecule is C#Cc1ccccc1C(C(=O)NCCCC)N(CCO)C(=O)C(NC(=O)OC(C)(C)C)C(C)CC. The normalized spacial score (nSPS) is 13.7. The maximum absolute atomic E-state index is 13.9. The van der Waals surface area contributed by atoms with Crippen molar-refractivity contribution in [3.63, 3.8) is 0 Å². The van der Waals surface area contributed by atoms with E-state index in [1.54, 1.807) is 45.0 Å². The molecule has 35 heavy (non-hydrogen) atoms. The summed E-state index contributed by atoms with van der Waals surface area (Å²) >= 11 is 0. The van der Waals surface area contributed by atoms with Crippen molar-refractivity contribution in [2.45, 2.75) is 78.5 Å². The highest BCUT2D eigenvalue weighted by Crippen LogP contribution is 2.27. The van der Waals surface area contributed by atoms with Crippen molar-refractivity contribution in [2.75, 3.05) is 19.7 Å². The Labute approximate surface area is 209 Å². The van der Waals surface area contributed by atoms with Gasteiger partial charge in [-0.2, -0.15) is 0 Å². The molecule has 3 amide bonds. The maximum Gasteiger partial charge on any atom is 0.408 e. The van der Waals surface area contributed by atoms with Crippen LogP contribution in [0.4, 0.5) is 4.79 Å². The average Bonchev–Trinajstić information content (AvgIpc) is 2.80. The number of terminal acetylenes is 1. The molecule has 0 radical (unpaired) electrons. The van der Waals surface area contributed by atoms with E-state index in [-0.39, 0.29) is 19.1 Å². The van der Waals surface area contributed by atoms with E-state index in [1.165, 1.54) is 4.90 Å². The van der Waals surface area contributed by atoms with Gasteiger partial charge in [-0.3, -0.25) is 9.59 Å². The highest BCUT2D eigenvalue weighted by molar-refractivity contribution is 5.92. The third-order valence-electron chi connectivity index (χ3n) is 5.58. The zero-order valence-corrected chi connectivity index (χ0v) is 21.9. The van der Waals surface area contributed by atoms with Gasteiger partial charge in [0.25, 0.3) is 0 Å². The summed E-state index contributed by atoms with van der Waals surface area (Å²) in [4.78, 5) is 41.2. The molecule has 1 aromatic rings. The number of aliphatic hydroxyl groups excluding tert-OH is 1. The smallest absolute Gasteiger partial charge is 0.408 e. The first-order chi connectivity index (χ1) is 16.5. The number of hydrogen-bond acceptors (Lipinski definition) is 5. The molecule has 0 aromatic heterocycles. The predicted molar refractivity (Wildman–Crippen MR) is 136 cm³/mol. The lowest BCUT2D eigenvalue weighted by Crippen LogP contribution is -2.55. The van der Waals surface area contributed by atoms with Gasteiger partial charge in [0.05, 0.1) is 6.61 Å². The molecule has 1 aromatic carbocycles. The van der Waals surface area contributed by atoms with E-state index in [0.717, 1.165) is 12.8 Å². The predicted octanol–water partition coefficient (Wildman–Crippen LogP) is 3.39. The maximum atomic E-state index is 13.9. The zero-order chi connectivity index (χ0) is 26.6. The standard InChI is InChI=1S/C27H41N3O5/c1-8-11-16-28-24(32)23(21-15-13-12-14-20(21)10-3)30(17-18-31)25(33)22(19(4)9-2)29-26(34)35-27(5,6)7/h3,12-15,19,22-23,31H,8-9,11,16-18H2,1-2,4-7H3,(H,28,32)(H,29,34). The minimum Gasteiger partial charge on any atom is -0.444 e. The number of nitrogens with zero attached hydrogens (tertiary/aromatic N) is 1. The molecule has 3 unspecified atom stereocenters. The minimum absolute atomic E-state index is 0.119. The molecule has 194 valence electrons. The topological polar surface area (TPSA) is 108 Å². The van der Waals surface area contributed by atoms with Crippen LogP contribution in [-0.2, 0) is 14.3 Å². The molecule has 3 N–H and O–H groups in total. The van der Waals surface area contributed by atoms with Gasteiger partial charge in [0.1, 0.15) is 17.7 Å². The van der Waals surface area contributed by atoms with Crippen LogP contribution in [0.3, 0.4) is 0 Å². The van der Waals surface area contributed by atoms with Gasteiger partial charge >= 0.3 is 6.09 Å². The molecule has 0 saturated heterocycles. The van der Waals surface area contributed by atoms with Gasteiger partial charge in [-0.25, -0.2) is 4.79 Å². The fourth-order valence-electron chi connectivity index (χ4n) is 3.57. The zero-order valence-electron chi connectivity index (χ0n) is 21.9. The molecule has 0 aliphatic heterocycles. The van der Waals surface area contributed by atoms with E-state index >= 15 is 0 Å². The summed E-state index contributed by atoms with van der Waals surface area (Å²) in [5.41, 5.74) is 0.204. The molecule has 0 heterocycles. The summed E-state index contributed by atoms with van der Waals surface area (Å²) in [5, 5.41) is 15.4. The monoisotopic (exact) mass is 487 g/mol. The van der Waals surface area contributed by atoms with E-state index in [0.29, 0.717) is 24.1 Å². The van der Waals surface area contributed by atoms with Crippen molar-refractivity contribution in [3.8, 4) is 12.3 Å². The lowest BCUT2D eigenvalue weighted by Gasteiger charge is -2.36. The van der Waals surface area contributed by atoms with Crippen LogP contribution in [0.5, 0.6) is 0 Å². The number of amides is 3. The second-order valence-electron chi connectivity index (χ2n) is 9.54. The second kappa shape index (κ2) is 14.4. The van der Waals surface area contributed by atoms with Gasteiger partial charge < -0.3 is 25.4 Å². The Bertz CT molecular complexity index is 888. The highest BCUT2D eigenvalue weighted by atomic mass is 16.6. The Hall–Kier alpha value is -3.05. The molecule has 8 heteroatoms. The second-order valence-corrected chi connectivity index (χ2v) is 9.54. The van der Waals surface area contributed by atoms with Crippen molar-refractivity contribution in [2.24, 2.45) is 5.92 Å². The van der Waals surface area contributed by atoms with Gasteiger partial charge in [0.2, 0.25) is 11.8 Å².